The van der Waals surface area contributed by atoms with Crippen molar-refractivity contribution in [1.29, 1.82) is 0 Å². The van der Waals surface area contributed by atoms with Crippen LogP contribution < -0.4 is 10.1 Å². The Bertz CT molecular complexity index is 685. The molecular weight excluding hydrogens is 301 g/mol. The highest BCUT2D eigenvalue weighted by Gasteiger charge is 2.14. The summed E-state index contributed by atoms with van der Waals surface area (Å²) >= 11 is 0. The first-order valence-corrected chi connectivity index (χ1v) is 6.91. The van der Waals surface area contributed by atoms with Crippen molar-refractivity contribution < 1.29 is 23.5 Å². The maximum Gasteiger partial charge on any atom is 0.342 e. The molecule has 0 saturated carbocycles. The van der Waals surface area contributed by atoms with E-state index in [-0.39, 0.29) is 17.9 Å². The first-order valence-electron chi connectivity index (χ1n) is 6.91. The standard InChI is InChI=1S/C17H16FNO4/c1-22-15-5-3-2-4-14(15)17(21)23-11-16(20)19-10-12-6-8-13(18)9-7-12/h2-9H,10-11H2,1H3,(H,19,20). The van der Waals surface area contributed by atoms with Crippen molar-refractivity contribution in [3.63, 3.8) is 0 Å². The minimum Gasteiger partial charge on any atom is -0.496 e. The lowest BCUT2D eigenvalue weighted by atomic mass is 10.2. The lowest BCUT2D eigenvalue weighted by molar-refractivity contribution is -0.124. The van der Waals surface area contributed by atoms with Gasteiger partial charge in [0.2, 0.25) is 0 Å². The van der Waals surface area contributed by atoms with Gasteiger partial charge in [-0.2, -0.15) is 0 Å². The van der Waals surface area contributed by atoms with Crippen molar-refractivity contribution in [1.82, 2.24) is 5.32 Å². The minimum atomic E-state index is -0.639. The molecule has 2 rings (SSSR count). The second-order valence-corrected chi connectivity index (χ2v) is 4.68. The molecule has 23 heavy (non-hydrogen) atoms. The zero-order chi connectivity index (χ0) is 16.7. The van der Waals surface area contributed by atoms with E-state index >= 15 is 0 Å². The van der Waals surface area contributed by atoms with Crippen LogP contribution in [0.1, 0.15) is 15.9 Å². The Kier molecular flexibility index (Phi) is 5.68. The third-order valence-electron chi connectivity index (χ3n) is 3.06. The summed E-state index contributed by atoms with van der Waals surface area (Å²) in [6.45, 7) is -0.177. The molecule has 0 aromatic heterocycles. The van der Waals surface area contributed by atoms with E-state index in [2.05, 4.69) is 5.32 Å². The monoisotopic (exact) mass is 317 g/mol. The molecule has 0 aliphatic rings. The largest absolute Gasteiger partial charge is 0.496 e. The second kappa shape index (κ2) is 7.93. The Labute approximate surface area is 133 Å². The molecule has 0 atom stereocenters. The predicted molar refractivity (Wildman–Crippen MR) is 81.5 cm³/mol. The van der Waals surface area contributed by atoms with Crippen LogP contribution in [0.4, 0.5) is 4.39 Å². The van der Waals surface area contributed by atoms with E-state index < -0.39 is 18.5 Å². The number of hydrogen-bond acceptors (Lipinski definition) is 4. The normalized spacial score (nSPS) is 10.0. The van der Waals surface area contributed by atoms with Gasteiger partial charge in [0, 0.05) is 6.54 Å². The van der Waals surface area contributed by atoms with Gasteiger partial charge in [0.1, 0.15) is 17.1 Å². The van der Waals surface area contributed by atoms with Crippen LogP contribution in [0.25, 0.3) is 0 Å². The Hall–Kier alpha value is -2.89. The molecule has 5 nitrogen and oxygen atoms in total. The van der Waals surface area contributed by atoms with Gasteiger partial charge in [-0.3, -0.25) is 4.79 Å². The summed E-state index contributed by atoms with van der Waals surface area (Å²) in [5.74, 6) is -1.05. The molecule has 0 unspecified atom stereocenters. The number of carbonyl (C=O) groups is 2. The fourth-order valence-electron chi connectivity index (χ4n) is 1.88. The topological polar surface area (TPSA) is 64.6 Å². The van der Waals surface area contributed by atoms with Crippen LogP contribution in [0, 0.1) is 5.82 Å². The van der Waals surface area contributed by atoms with Crippen molar-refractivity contribution in [2.24, 2.45) is 0 Å². The van der Waals surface area contributed by atoms with Gasteiger partial charge in [-0.1, -0.05) is 24.3 Å². The molecule has 1 amide bonds. The molecule has 0 saturated heterocycles. The Balaban J connectivity index is 1.82. The van der Waals surface area contributed by atoms with Crippen molar-refractivity contribution in [2.45, 2.75) is 6.54 Å². The van der Waals surface area contributed by atoms with E-state index in [4.69, 9.17) is 9.47 Å². The SMILES string of the molecule is COc1ccccc1C(=O)OCC(=O)NCc1ccc(F)cc1. The van der Waals surface area contributed by atoms with Crippen LogP contribution in [0.3, 0.4) is 0 Å². The molecule has 120 valence electrons. The highest BCUT2D eigenvalue weighted by Crippen LogP contribution is 2.17. The number of esters is 1. The van der Waals surface area contributed by atoms with E-state index in [1.807, 2.05) is 0 Å². The number of amides is 1. The van der Waals surface area contributed by atoms with Crippen LogP contribution in [-0.2, 0) is 16.1 Å². The summed E-state index contributed by atoms with van der Waals surface area (Å²) in [7, 11) is 1.45. The Morgan fingerprint density at radius 2 is 1.78 bits per heavy atom. The number of carbonyl (C=O) groups excluding carboxylic acids is 2. The third-order valence-corrected chi connectivity index (χ3v) is 3.06. The molecule has 0 aliphatic carbocycles. The number of ether oxygens (including phenoxy) is 2. The minimum absolute atomic E-state index is 0.228. The number of hydrogen-bond donors (Lipinski definition) is 1. The van der Waals surface area contributed by atoms with E-state index in [0.29, 0.717) is 5.75 Å². The molecule has 2 aromatic rings. The van der Waals surface area contributed by atoms with E-state index in [1.54, 1.807) is 36.4 Å². The van der Waals surface area contributed by atoms with Gasteiger partial charge >= 0.3 is 5.97 Å². The highest BCUT2D eigenvalue weighted by atomic mass is 19.1. The number of benzene rings is 2. The van der Waals surface area contributed by atoms with Gasteiger partial charge in [0.05, 0.1) is 7.11 Å². The highest BCUT2D eigenvalue weighted by molar-refractivity contribution is 5.93. The fraction of sp³-hybridized carbons (Fsp3) is 0.176. The van der Waals surface area contributed by atoms with Gasteiger partial charge in [-0.15, -0.1) is 0 Å². The van der Waals surface area contributed by atoms with E-state index in [0.717, 1.165) is 5.56 Å². The molecule has 0 heterocycles. The quantitative estimate of drug-likeness (QED) is 0.830. The van der Waals surface area contributed by atoms with Crippen molar-refractivity contribution >= 4 is 11.9 Å². The predicted octanol–water partition coefficient (Wildman–Crippen LogP) is 2.31. The van der Waals surface area contributed by atoms with E-state index in [9.17, 15) is 14.0 Å². The van der Waals surface area contributed by atoms with Gasteiger partial charge in [0.25, 0.3) is 5.91 Å². The molecule has 2 aromatic carbocycles. The van der Waals surface area contributed by atoms with Gasteiger partial charge < -0.3 is 14.8 Å². The molecule has 0 radical (unpaired) electrons. The smallest absolute Gasteiger partial charge is 0.342 e. The summed E-state index contributed by atoms with van der Waals surface area (Å²) in [5, 5.41) is 2.58. The summed E-state index contributed by atoms with van der Waals surface area (Å²) in [5.41, 5.74) is 0.997. The van der Waals surface area contributed by atoms with Crippen LogP contribution >= 0.6 is 0 Å². The third kappa shape index (κ3) is 4.81. The second-order valence-electron chi connectivity index (χ2n) is 4.68. The number of rotatable bonds is 6. The van der Waals surface area contributed by atoms with Crippen LogP contribution in [-0.4, -0.2) is 25.6 Å². The summed E-state index contributed by atoms with van der Waals surface area (Å²) in [4.78, 5) is 23.6. The van der Waals surface area contributed by atoms with Crippen LogP contribution in [0.5, 0.6) is 5.75 Å². The zero-order valence-electron chi connectivity index (χ0n) is 12.5. The van der Waals surface area contributed by atoms with Crippen molar-refractivity contribution in [2.75, 3.05) is 13.7 Å². The van der Waals surface area contributed by atoms with Crippen LogP contribution in [0.15, 0.2) is 48.5 Å². The lowest BCUT2D eigenvalue weighted by Gasteiger charge is -2.09. The molecular formula is C17H16FNO4. The van der Waals surface area contributed by atoms with E-state index in [1.165, 1.54) is 19.2 Å². The molecule has 6 heteroatoms. The van der Waals surface area contributed by atoms with Gasteiger partial charge in [-0.05, 0) is 29.8 Å². The zero-order valence-corrected chi connectivity index (χ0v) is 12.5. The summed E-state index contributed by atoms with van der Waals surface area (Å²) in [6, 6.07) is 12.3. The Morgan fingerprint density at radius 1 is 1.09 bits per heavy atom. The fourth-order valence-corrected chi connectivity index (χ4v) is 1.88. The first kappa shape index (κ1) is 16.5. The lowest BCUT2D eigenvalue weighted by Crippen LogP contribution is -2.28. The average molecular weight is 317 g/mol. The van der Waals surface area contributed by atoms with Crippen molar-refractivity contribution in [3.8, 4) is 5.75 Å². The molecule has 0 aliphatic heterocycles. The number of para-hydroxylation sites is 1. The summed E-state index contributed by atoms with van der Waals surface area (Å²) in [6.07, 6.45) is 0. The number of methoxy groups -OCH3 is 1. The van der Waals surface area contributed by atoms with Crippen LogP contribution in [0.2, 0.25) is 0 Å². The van der Waals surface area contributed by atoms with Gasteiger partial charge in [0.15, 0.2) is 6.61 Å². The molecule has 0 spiro atoms. The maximum atomic E-state index is 12.8. The summed E-state index contributed by atoms with van der Waals surface area (Å²) < 4.78 is 22.8. The molecule has 0 bridgehead atoms. The number of nitrogens with one attached hydrogen (secondary N) is 1. The molecule has 0 fully saturated rings. The average Bonchev–Trinajstić information content (AvgIpc) is 2.59. The van der Waals surface area contributed by atoms with Gasteiger partial charge in [-0.25, -0.2) is 9.18 Å². The Morgan fingerprint density at radius 3 is 2.48 bits per heavy atom. The number of halogens is 1. The first-order chi connectivity index (χ1) is 11.1. The van der Waals surface area contributed by atoms with Crippen molar-refractivity contribution in [3.05, 3.63) is 65.5 Å². The molecule has 1 N–H and O–H groups in total. The maximum absolute atomic E-state index is 12.8.